The van der Waals surface area contributed by atoms with E-state index in [0.717, 1.165) is 12.8 Å². The van der Waals surface area contributed by atoms with Gasteiger partial charge in [-0.25, -0.2) is 0 Å². The van der Waals surface area contributed by atoms with E-state index in [9.17, 15) is 0 Å². The van der Waals surface area contributed by atoms with Crippen molar-refractivity contribution in [1.29, 1.82) is 0 Å². The molecule has 0 aromatic rings. The Balaban J connectivity index is 0. The number of hydrogen-bond donors (Lipinski definition) is 2. The molecule has 3 aliphatic carbocycles. The van der Waals surface area contributed by atoms with Gasteiger partial charge in [0.2, 0.25) is 0 Å². The lowest BCUT2D eigenvalue weighted by Gasteiger charge is -2.05. The number of aliphatic hydroxyl groups is 2. The molecule has 2 heteroatoms. The summed E-state index contributed by atoms with van der Waals surface area (Å²) in [6.07, 6.45) is 46.8. The van der Waals surface area contributed by atoms with Crippen LogP contribution >= 0.6 is 0 Å². The minimum Gasteiger partial charge on any atom is -0.396 e. The largest absolute Gasteiger partial charge is 0.396 e. The fraction of sp³-hybridized carbons (Fsp3) is 1.00. The Morgan fingerprint density at radius 1 is 0.237 bits per heavy atom. The van der Waals surface area contributed by atoms with E-state index in [1.54, 1.807) is 0 Å². The maximum atomic E-state index is 7.88. The van der Waals surface area contributed by atoms with Gasteiger partial charge in [0, 0.05) is 13.2 Å². The van der Waals surface area contributed by atoms with Crippen molar-refractivity contribution in [3.63, 3.8) is 0 Å². The highest BCUT2D eigenvalue weighted by molar-refractivity contribution is 4.53. The first-order chi connectivity index (χ1) is 18.8. The van der Waals surface area contributed by atoms with E-state index in [1.165, 1.54) is 193 Å². The van der Waals surface area contributed by atoms with E-state index >= 15 is 0 Å². The van der Waals surface area contributed by atoms with Crippen molar-refractivity contribution in [3.8, 4) is 0 Å². The molecule has 2 nitrogen and oxygen atoms in total. The maximum Gasteiger partial charge on any atom is 0.0428 e. The molecule has 0 heterocycles. The molecular formula is C36H76O2. The van der Waals surface area contributed by atoms with Gasteiger partial charge in [-0.05, 0) is 12.8 Å². The molecule has 2 N–H and O–H groups in total. The van der Waals surface area contributed by atoms with Gasteiger partial charge in [-0.1, -0.05) is 206 Å². The topological polar surface area (TPSA) is 40.5 Å². The second-order valence-corrected chi connectivity index (χ2v) is 12.1. The molecule has 0 saturated heterocycles. The van der Waals surface area contributed by atoms with Crippen molar-refractivity contribution in [2.75, 3.05) is 13.2 Å². The summed E-state index contributed by atoms with van der Waals surface area (Å²) in [5.74, 6) is 0. The zero-order valence-electron chi connectivity index (χ0n) is 26.9. The molecule has 3 rings (SSSR count). The fourth-order valence-corrected chi connectivity index (χ4v) is 5.30. The monoisotopic (exact) mass is 541 g/mol. The molecule has 0 spiro atoms. The molecule has 3 fully saturated rings. The fourth-order valence-electron chi connectivity index (χ4n) is 5.30. The molecule has 0 unspecified atom stereocenters. The SMILES string of the molecule is C1CCCCCCCCC1.C1CCCCCCCCC1.C1CCCCCCCCC1.CCCO.CCCO. The molecular weight excluding hydrogens is 464 g/mol. The van der Waals surface area contributed by atoms with Gasteiger partial charge in [-0.3, -0.25) is 0 Å². The second-order valence-electron chi connectivity index (χ2n) is 12.1. The summed E-state index contributed by atoms with van der Waals surface area (Å²) in [5, 5.41) is 15.8. The smallest absolute Gasteiger partial charge is 0.0428 e. The average Bonchev–Trinajstić information content (AvgIpc) is 2.99. The van der Waals surface area contributed by atoms with E-state index in [0.29, 0.717) is 13.2 Å². The molecule has 38 heavy (non-hydrogen) atoms. The minimum atomic E-state index is 0.319. The van der Waals surface area contributed by atoms with E-state index in [1.807, 2.05) is 13.8 Å². The predicted octanol–water partition coefficient (Wildman–Crippen LogP) is 12.5. The lowest BCUT2D eigenvalue weighted by molar-refractivity contribution is 0.294. The van der Waals surface area contributed by atoms with Crippen LogP contribution in [0.4, 0.5) is 0 Å². The van der Waals surface area contributed by atoms with Gasteiger partial charge >= 0.3 is 0 Å². The van der Waals surface area contributed by atoms with Gasteiger partial charge in [-0.2, -0.15) is 0 Å². The summed E-state index contributed by atoms with van der Waals surface area (Å²) < 4.78 is 0. The predicted molar refractivity (Wildman–Crippen MR) is 173 cm³/mol. The van der Waals surface area contributed by atoms with Crippen molar-refractivity contribution in [2.45, 2.75) is 219 Å². The highest BCUT2D eigenvalue weighted by Crippen LogP contribution is 2.17. The van der Waals surface area contributed by atoms with Gasteiger partial charge in [0.25, 0.3) is 0 Å². The van der Waals surface area contributed by atoms with E-state index in [-0.39, 0.29) is 0 Å². The molecule has 0 atom stereocenters. The summed E-state index contributed by atoms with van der Waals surface area (Å²) in [4.78, 5) is 0. The summed E-state index contributed by atoms with van der Waals surface area (Å²) in [7, 11) is 0. The average molecular weight is 541 g/mol. The van der Waals surface area contributed by atoms with E-state index in [2.05, 4.69) is 0 Å². The lowest BCUT2D eigenvalue weighted by atomic mass is 10.0. The van der Waals surface area contributed by atoms with E-state index in [4.69, 9.17) is 10.2 Å². The van der Waals surface area contributed by atoms with Crippen molar-refractivity contribution in [3.05, 3.63) is 0 Å². The van der Waals surface area contributed by atoms with Crippen LogP contribution in [-0.2, 0) is 0 Å². The maximum absolute atomic E-state index is 7.88. The zero-order valence-corrected chi connectivity index (χ0v) is 26.9. The molecule has 232 valence electrons. The Bertz CT molecular complexity index is 202. The van der Waals surface area contributed by atoms with E-state index < -0.39 is 0 Å². The van der Waals surface area contributed by atoms with Crippen LogP contribution in [-0.4, -0.2) is 23.4 Å². The molecule has 0 amide bonds. The highest BCUT2D eigenvalue weighted by Gasteiger charge is 1.97. The lowest BCUT2D eigenvalue weighted by Crippen LogP contribution is -1.85. The van der Waals surface area contributed by atoms with Crippen molar-refractivity contribution in [1.82, 2.24) is 0 Å². The first-order valence-electron chi connectivity index (χ1n) is 18.0. The van der Waals surface area contributed by atoms with Crippen LogP contribution in [0.5, 0.6) is 0 Å². The van der Waals surface area contributed by atoms with Crippen LogP contribution < -0.4 is 0 Å². The Morgan fingerprint density at radius 2 is 0.289 bits per heavy atom. The first-order valence-corrected chi connectivity index (χ1v) is 18.0. The zero-order chi connectivity index (χ0) is 28.0. The summed E-state index contributed by atoms with van der Waals surface area (Å²) >= 11 is 0. The van der Waals surface area contributed by atoms with Crippen LogP contribution in [0, 0.1) is 0 Å². The van der Waals surface area contributed by atoms with Crippen LogP contribution in [0.1, 0.15) is 219 Å². The Hall–Kier alpha value is -0.0800. The number of hydrogen-bond acceptors (Lipinski definition) is 2. The minimum absolute atomic E-state index is 0.319. The van der Waals surface area contributed by atoms with Gasteiger partial charge < -0.3 is 10.2 Å². The van der Waals surface area contributed by atoms with Gasteiger partial charge in [-0.15, -0.1) is 0 Å². The normalized spacial score (nSPS) is 20.5. The molecule has 0 bridgehead atoms. The van der Waals surface area contributed by atoms with Gasteiger partial charge in [0.15, 0.2) is 0 Å². The quantitative estimate of drug-likeness (QED) is 0.365. The Labute approximate surface area is 242 Å². The summed E-state index contributed by atoms with van der Waals surface area (Å²) in [5.41, 5.74) is 0. The van der Waals surface area contributed by atoms with Crippen molar-refractivity contribution < 1.29 is 10.2 Å². The Kier molecular flexibility index (Phi) is 43.6. The first kappa shape index (κ1) is 40.1. The number of aliphatic hydroxyl groups excluding tert-OH is 2. The molecule has 0 radical (unpaired) electrons. The molecule has 3 saturated carbocycles. The van der Waals surface area contributed by atoms with Crippen LogP contribution in [0.3, 0.4) is 0 Å². The molecule has 0 aliphatic heterocycles. The standard InChI is InChI=1S/3C10H20.2C3H8O/c3*1-2-4-6-8-10-9-7-5-3-1;2*1-2-3-4/h3*1-10H2;2*4H,2-3H2,1H3. The van der Waals surface area contributed by atoms with Crippen LogP contribution in [0.15, 0.2) is 0 Å². The van der Waals surface area contributed by atoms with Crippen molar-refractivity contribution in [2.24, 2.45) is 0 Å². The summed E-state index contributed by atoms with van der Waals surface area (Å²) in [6.45, 7) is 4.50. The molecule has 0 aromatic carbocycles. The van der Waals surface area contributed by atoms with Crippen molar-refractivity contribution >= 4 is 0 Å². The second kappa shape index (κ2) is 41.4. The highest BCUT2D eigenvalue weighted by atomic mass is 16.3. The van der Waals surface area contributed by atoms with Gasteiger partial charge in [0.05, 0.1) is 0 Å². The molecule has 3 aliphatic rings. The third kappa shape index (κ3) is 43.0. The number of rotatable bonds is 2. The van der Waals surface area contributed by atoms with Crippen LogP contribution in [0.2, 0.25) is 0 Å². The Morgan fingerprint density at radius 3 is 0.316 bits per heavy atom. The molecule has 0 aromatic heterocycles. The third-order valence-corrected chi connectivity index (χ3v) is 7.95. The van der Waals surface area contributed by atoms with Crippen LogP contribution in [0.25, 0.3) is 0 Å². The summed E-state index contributed by atoms with van der Waals surface area (Å²) in [6, 6.07) is 0. The third-order valence-electron chi connectivity index (χ3n) is 7.95. The van der Waals surface area contributed by atoms with Gasteiger partial charge in [0.1, 0.15) is 0 Å².